The van der Waals surface area contributed by atoms with Crippen molar-refractivity contribution in [3.8, 4) is 0 Å². The van der Waals surface area contributed by atoms with Gasteiger partial charge in [0, 0.05) is 19.7 Å². The zero-order chi connectivity index (χ0) is 10.7. The zero-order valence-corrected chi connectivity index (χ0v) is 9.29. The van der Waals surface area contributed by atoms with Crippen molar-refractivity contribution in [3.63, 3.8) is 0 Å². The van der Waals surface area contributed by atoms with Crippen LogP contribution in [0.1, 0.15) is 25.0 Å². The van der Waals surface area contributed by atoms with E-state index in [-0.39, 0.29) is 5.91 Å². The summed E-state index contributed by atoms with van der Waals surface area (Å²) in [6.07, 6.45) is 0.953. The smallest absolute Gasteiger partial charge is 0.223 e. The maximum atomic E-state index is 11.3. The Hall–Kier alpha value is -1.31. The fourth-order valence-electron chi connectivity index (χ4n) is 1.64. The molecule has 14 heavy (non-hydrogen) atoms. The predicted molar refractivity (Wildman–Crippen MR) is 59.6 cm³/mol. The van der Waals surface area contributed by atoms with Gasteiger partial charge >= 0.3 is 0 Å². The Balaban J connectivity index is 3.23. The molecule has 0 aliphatic heterocycles. The highest BCUT2D eigenvalue weighted by molar-refractivity contribution is 5.92. The second kappa shape index (κ2) is 4.27. The maximum Gasteiger partial charge on any atom is 0.223 e. The zero-order valence-electron chi connectivity index (χ0n) is 9.29. The normalized spacial score (nSPS) is 10.0. The molecule has 0 aliphatic rings. The Bertz CT molecular complexity index is 344. The fraction of sp³-hybridized carbons (Fsp3) is 0.417. The number of hydrogen-bond acceptors (Lipinski definition) is 1. The lowest BCUT2D eigenvalue weighted by molar-refractivity contribution is -0.116. The van der Waals surface area contributed by atoms with Gasteiger partial charge in [-0.1, -0.05) is 25.1 Å². The summed E-state index contributed by atoms with van der Waals surface area (Å²) in [5.41, 5.74) is 3.44. The third-order valence-corrected chi connectivity index (χ3v) is 2.51. The molecule has 0 radical (unpaired) electrons. The molecule has 76 valence electrons. The Kier molecular flexibility index (Phi) is 3.28. The molecule has 0 saturated carbocycles. The van der Waals surface area contributed by atoms with Gasteiger partial charge in [0.2, 0.25) is 5.91 Å². The van der Waals surface area contributed by atoms with Crippen molar-refractivity contribution in [1.29, 1.82) is 0 Å². The van der Waals surface area contributed by atoms with Crippen molar-refractivity contribution in [2.75, 3.05) is 11.9 Å². The van der Waals surface area contributed by atoms with E-state index in [1.165, 1.54) is 5.56 Å². The minimum atomic E-state index is 0.0778. The molecule has 0 aromatic heterocycles. The van der Waals surface area contributed by atoms with Crippen LogP contribution in [0.2, 0.25) is 0 Å². The van der Waals surface area contributed by atoms with E-state index in [0.29, 0.717) is 0 Å². The van der Waals surface area contributed by atoms with E-state index in [2.05, 4.69) is 13.0 Å². The first-order valence-corrected chi connectivity index (χ1v) is 4.90. The highest BCUT2D eigenvalue weighted by Crippen LogP contribution is 2.24. The van der Waals surface area contributed by atoms with Gasteiger partial charge < -0.3 is 4.90 Å². The monoisotopic (exact) mass is 191 g/mol. The first-order chi connectivity index (χ1) is 6.57. The highest BCUT2D eigenvalue weighted by atomic mass is 16.2. The van der Waals surface area contributed by atoms with Crippen LogP contribution in [0.3, 0.4) is 0 Å². The van der Waals surface area contributed by atoms with Crippen LogP contribution < -0.4 is 4.90 Å². The summed E-state index contributed by atoms with van der Waals surface area (Å²) in [4.78, 5) is 13.0. The summed E-state index contributed by atoms with van der Waals surface area (Å²) in [6, 6.07) is 6.14. The van der Waals surface area contributed by atoms with Crippen LogP contribution in [0.15, 0.2) is 18.2 Å². The van der Waals surface area contributed by atoms with E-state index in [9.17, 15) is 4.79 Å². The van der Waals surface area contributed by atoms with Crippen LogP contribution >= 0.6 is 0 Å². The predicted octanol–water partition coefficient (Wildman–Crippen LogP) is 2.54. The largest absolute Gasteiger partial charge is 0.315 e. The molecule has 1 amide bonds. The van der Waals surface area contributed by atoms with Crippen LogP contribution in [-0.2, 0) is 11.2 Å². The number of benzene rings is 1. The van der Waals surface area contributed by atoms with Gasteiger partial charge in [-0.3, -0.25) is 4.79 Å². The molecule has 1 aromatic carbocycles. The van der Waals surface area contributed by atoms with Gasteiger partial charge in [0.25, 0.3) is 0 Å². The lowest BCUT2D eigenvalue weighted by Gasteiger charge is -2.21. The van der Waals surface area contributed by atoms with Gasteiger partial charge in [0.05, 0.1) is 0 Å². The van der Waals surface area contributed by atoms with Crippen LogP contribution in [0.25, 0.3) is 0 Å². The van der Waals surface area contributed by atoms with E-state index in [1.54, 1.807) is 11.8 Å². The fourth-order valence-corrected chi connectivity index (χ4v) is 1.64. The molecular weight excluding hydrogens is 174 g/mol. The molecule has 0 unspecified atom stereocenters. The number of carbonyl (C=O) groups excluding carboxylic acids is 1. The lowest BCUT2D eigenvalue weighted by Crippen LogP contribution is -2.24. The van der Waals surface area contributed by atoms with E-state index >= 15 is 0 Å². The Morgan fingerprint density at radius 2 is 2.07 bits per heavy atom. The minimum absolute atomic E-state index is 0.0778. The van der Waals surface area contributed by atoms with Crippen LogP contribution in [0, 0.1) is 6.92 Å². The van der Waals surface area contributed by atoms with Crippen molar-refractivity contribution in [1.82, 2.24) is 0 Å². The van der Waals surface area contributed by atoms with Crippen molar-refractivity contribution in [3.05, 3.63) is 29.3 Å². The molecule has 0 aliphatic carbocycles. The number of para-hydroxylation sites is 1. The molecule has 0 atom stereocenters. The topological polar surface area (TPSA) is 20.3 Å². The molecule has 0 bridgehead atoms. The molecule has 0 spiro atoms. The number of amides is 1. The molecule has 2 heteroatoms. The summed E-state index contributed by atoms with van der Waals surface area (Å²) < 4.78 is 0. The first kappa shape index (κ1) is 10.8. The SMILES string of the molecule is CCc1cccc(C)c1N(C)C(C)=O. The molecule has 0 heterocycles. The molecule has 1 aromatic rings. The van der Waals surface area contributed by atoms with E-state index in [1.807, 2.05) is 26.1 Å². The number of anilines is 1. The summed E-state index contributed by atoms with van der Waals surface area (Å²) >= 11 is 0. The van der Waals surface area contributed by atoms with Crippen LogP contribution in [-0.4, -0.2) is 13.0 Å². The molecule has 0 fully saturated rings. The van der Waals surface area contributed by atoms with Gasteiger partial charge in [0.15, 0.2) is 0 Å². The average Bonchev–Trinajstić information content (AvgIpc) is 2.16. The maximum absolute atomic E-state index is 11.3. The number of rotatable bonds is 2. The van der Waals surface area contributed by atoms with Gasteiger partial charge in [-0.05, 0) is 24.5 Å². The van der Waals surface area contributed by atoms with Gasteiger partial charge in [-0.15, -0.1) is 0 Å². The second-order valence-corrected chi connectivity index (χ2v) is 3.51. The summed E-state index contributed by atoms with van der Waals surface area (Å²) in [6.45, 7) is 5.73. The van der Waals surface area contributed by atoms with Crippen molar-refractivity contribution in [2.24, 2.45) is 0 Å². The van der Waals surface area contributed by atoms with Gasteiger partial charge in [0.1, 0.15) is 0 Å². The lowest BCUT2D eigenvalue weighted by atomic mass is 10.0. The third kappa shape index (κ3) is 1.95. The number of nitrogens with zero attached hydrogens (tertiary/aromatic N) is 1. The van der Waals surface area contributed by atoms with Gasteiger partial charge in [-0.2, -0.15) is 0 Å². The van der Waals surface area contributed by atoms with Crippen LogP contribution in [0.4, 0.5) is 5.69 Å². The van der Waals surface area contributed by atoms with E-state index < -0.39 is 0 Å². The number of hydrogen-bond donors (Lipinski definition) is 0. The van der Waals surface area contributed by atoms with Crippen LogP contribution in [0.5, 0.6) is 0 Å². The Morgan fingerprint density at radius 3 is 2.57 bits per heavy atom. The van der Waals surface area contributed by atoms with Crippen molar-refractivity contribution < 1.29 is 4.79 Å². The quantitative estimate of drug-likeness (QED) is 0.703. The highest BCUT2D eigenvalue weighted by Gasteiger charge is 2.11. The number of aryl methyl sites for hydroxylation is 2. The molecular formula is C12H17NO. The Morgan fingerprint density at radius 1 is 1.43 bits per heavy atom. The third-order valence-electron chi connectivity index (χ3n) is 2.51. The van der Waals surface area contributed by atoms with E-state index in [0.717, 1.165) is 17.7 Å². The second-order valence-electron chi connectivity index (χ2n) is 3.51. The van der Waals surface area contributed by atoms with Crippen molar-refractivity contribution in [2.45, 2.75) is 27.2 Å². The standard InChI is InChI=1S/C12H17NO/c1-5-11-8-6-7-9(2)12(11)13(4)10(3)14/h6-8H,5H2,1-4H3. The van der Waals surface area contributed by atoms with Crippen molar-refractivity contribution >= 4 is 11.6 Å². The summed E-state index contributed by atoms with van der Waals surface area (Å²) in [7, 11) is 1.82. The van der Waals surface area contributed by atoms with Gasteiger partial charge in [-0.25, -0.2) is 0 Å². The summed E-state index contributed by atoms with van der Waals surface area (Å²) in [5, 5.41) is 0. The number of carbonyl (C=O) groups is 1. The minimum Gasteiger partial charge on any atom is -0.315 e. The molecule has 0 saturated heterocycles. The first-order valence-electron chi connectivity index (χ1n) is 4.90. The average molecular weight is 191 g/mol. The molecule has 1 rings (SSSR count). The van der Waals surface area contributed by atoms with E-state index in [4.69, 9.17) is 0 Å². The molecule has 2 nitrogen and oxygen atoms in total. The molecule has 0 N–H and O–H groups in total. The Labute approximate surface area is 85.5 Å². The summed E-state index contributed by atoms with van der Waals surface area (Å²) in [5.74, 6) is 0.0778.